The monoisotopic (exact) mass is 284 g/mol. The van der Waals surface area contributed by atoms with E-state index < -0.39 is 6.17 Å². The summed E-state index contributed by atoms with van der Waals surface area (Å²) in [5, 5.41) is 0.630. The van der Waals surface area contributed by atoms with E-state index in [0.29, 0.717) is 37.5 Å². The number of nitrogens with zero attached hydrogens (tertiary/aromatic N) is 1. The van der Waals surface area contributed by atoms with Gasteiger partial charge in [-0.25, -0.2) is 4.39 Å². The summed E-state index contributed by atoms with van der Waals surface area (Å²) < 4.78 is 13.1. The summed E-state index contributed by atoms with van der Waals surface area (Å²) in [6.07, 6.45) is 0.358. The Kier molecular flexibility index (Phi) is 4.77. The van der Waals surface area contributed by atoms with Gasteiger partial charge in [-0.3, -0.25) is 4.79 Å². The zero-order chi connectivity index (χ0) is 13.8. The smallest absolute Gasteiger partial charge is 0.226 e. The van der Waals surface area contributed by atoms with Gasteiger partial charge in [0.25, 0.3) is 0 Å². The molecule has 1 atom stereocenters. The van der Waals surface area contributed by atoms with Gasteiger partial charge in [-0.2, -0.15) is 0 Å². The molecule has 1 aliphatic rings. The van der Waals surface area contributed by atoms with E-state index in [9.17, 15) is 9.18 Å². The second-order valence-electron chi connectivity index (χ2n) is 4.98. The summed E-state index contributed by atoms with van der Waals surface area (Å²) in [5.41, 5.74) is 6.34. The highest BCUT2D eigenvalue weighted by Crippen LogP contribution is 2.22. The summed E-state index contributed by atoms with van der Waals surface area (Å²) in [6.45, 7) is 1.90. The molecule has 5 heteroatoms. The van der Waals surface area contributed by atoms with Gasteiger partial charge >= 0.3 is 0 Å². The van der Waals surface area contributed by atoms with Crippen LogP contribution >= 0.6 is 11.6 Å². The molecule has 0 aliphatic carbocycles. The molecule has 1 aromatic rings. The molecule has 1 heterocycles. The van der Waals surface area contributed by atoms with Gasteiger partial charge in [-0.1, -0.05) is 23.7 Å². The van der Waals surface area contributed by atoms with Crippen LogP contribution in [0, 0.1) is 0 Å². The molecule has 0 aromatic heterocycles. The average molecular weight is 285 g/mol. The Balaban J connectivity index is 2.04. The molecule has 1 saturated heterocycles. The van der Waals surface area contributed by atoms with E-state index in [4.69, 9.17) is 17.3 Å². The summed E-state index contributed by atoms with van der Waals surface area (Å²) >= 11 is 5.84. The van der Waals surface area contributed by atoms with Crippen molar-refractivity contribution in [2.75, 3.05) is 19.6 Å². The van der Waals surface area contributed by atoms with Crippen molar-refractivity contribution in [2.24, 2.45) is 5.73 Å². The number of hydrogen-bond donors (Lipinski definition) is 1. The van der Waals surface area contributed by atoms with E-state index in [1.807, 2.05) is 12.1 Å². The summed E-state index contributed by atoms with van der Waals surface area (Å²) in [6, 6.07) is 7.14. The summed E-state index contributed by atoms with van der Waals surface area (Å²) in [7, 11) is 0. The Labute approximate surface area is 117 Å². The highest BCUT2D eigenvalue weighted by molar-refractivity contribution is 6.30. The third-order valence-electron chi connectivity index (χ3n) is 3.57. The van der Waals surface area contributed by atoms with Gasteiger partial charge in [-0.05, 0) is 30.5 Å². The van der Waals surface area contributed by atoms with E-state index in [0.717, 1.165) is 5.56 Å². The molecule has 2 rings (SSSR count). The minimum absolute atomic E-state index is 0.357. The van der Waals surface area contributed by atoms with Gasteiger partial charge < -0.3 is 10.6 Å². The molecule has 1 unspecified atom stereocenters. The molecule has 0 bridgehead atoms. The number of carbonyl (C=O) groups is 1. The lowest BCUT2D eigenvalue weighted by atomic mass is 9.96. The van der Waals surface area contributed by atoms with Gasteiger partial charge in [0.15, 0.2) is 0 Å². The number of likely N-dealkylation sites (tertiary alicyclic amines) is 1. The number of hydrogen-bond acceptors (Lipinski definition) is 2. The van der Waals surface area contributed by atoms with Gasteiger partial charge in [0.1, 0.15) is 6.17 Å². The van der Waals surface area contributed by atoms with Crippen LogP contribution in [0.3, 0.4) is 0 Å². The maximum Gasteiger partial charge on any atom is 0.226 e. The van der Waals surface area contributed by atoms with Crippen LogP contribution < -0.4 is 5.73 Å². The van der Waals surface area contributed by atoms with E-state index in [2.05, 4.69) is 4.90 Å². The number of primary amides is 1. The van der Waals surface area contributed by atoms with Gasteiger partial charge in [0.05, 0.1) is 5.92 Å². The topological polar surface area (TPSA) is 46.3 Å². The van der Waals surface area contributed by atoms with Crippen molar-refractivity contribution in [3.8, 4) is 0 Å². The van der Waals surface area contributed by atoms with E-state index in [1.54, 1.807) is 12.1 Å². The fourth-order valence-electron chi connectivity index (χ4n) is 2.40. The van der Waals surface area contributed by atoms with Crippen molar-refractivity contribution in [3.63, 3.8) is 0 Å². The van der Waals surface area contributed by atoms with E-state index >= 15 is 0 Å². The van der Waals surface area contributed by atoms with Gasteiger partial charge in [-0.15, -0.1) is 0 Å². The van der Waals surface area contributed by atoms with Gasteiger partial charge in [0.2, 0.25) is 5.91 Å². The summed E-state index contributed by atoms with van der Waals surface area (Å²) in [5.74, 6) is -0.724. The van der Waals surface area contributed by atoms with Gasteiger partial charge in [0, 0.05) is 24.7 Å². The highest BCUT2D eigenvalue weighted by atomic mass is 35.5. The third kappa shape index (κ3) is 3.91. The molecular formula is C14H18ClFN2O. The number of alkyl halides is 1. The number of nitrogens with two attached hydrogens (primary N) is 1. The van der Waals surface area contributed by atoms with Crippen LogP contribution in [0.5, 0.6) is 0 Å². The number of halogens is 2. The van der Waals surface area contributed by atoms with Crippen LogP contribution in [0.15, 0.2) is 24.3 Å². The molecule has 2 N–H and O–H groups in total. The largest absolute Gasteiger partial charge is 0.369 e. The van der Waals surface area contributed by atoms with Crippen molar-refractivity contribution in [1.29, 1.82) is 0 Å². The van der Waals surface area contributed by atoms with Crippen molar-refractivity contribution in [2.45, 2.75) is 24.9 Å². The Morgan fingerprint density at radius 1 is 1.37 bits per heavy atom. The van der Waals surface area contributed by atoms with Crippen LogP contribution in [0.4, 0.5) is 4.39 Å². The van der Waals surface area contributed by atoms with Crippen molar-refractivity contribution in [1.82, 2.24) is 4.90 Å². The first kappa shape index (κ1) is 14.3. The second-order valence-corrected chi connectivity index (χ2v) is 5.42. The Morgan fingerprint density at radius 3 is 2.47 bits per heavy atom. The predicted molar refractivity (Wildman–Crippen MR) is 74.0 cm³/mol. The lowest BCUT2D eigenvalue weighted by Crippen LogP contribution is -2.40. The zero-order valence-electron chi connectivity index (χ0n) is 10.7. The summed E-state index contributed by atoms with van der Waals surface area (Å²) in [4.78, 5) is 13.7. The molecular weight excluding hydrogens is 267 g/mol. The molecule has 0 radical (unpaired) electrons. The first-order valence-corrected chi connectivity index (χ1v) is 6.85. The Morgan fingerprint density at radius 2 is 1.95 bits per heavy atom. The number of carbonyl (C=O) groups excluding carboxylic acids is 1. The van der Waals surface area contributed by atoms with E-state index in [1.165, 1.54) is 0 Å². The number of rotatable bonds is 4. The van der Waals surface area contributed by atoms with Crippen LogP contribution in [-0.2, 0) is 4.79 Å². The zero-order valence-corrected chi connectivity index (χ0v) is 11.4. The predicted octanol–water partition coefficient (Wildman–Crippen LogP) is 2.34. The number of benzene rings is 1. The number of amides is 1. The molecule has 104 valence electrons. The Bertz CT molecular complexity index is 430. The van der Waals surface area contributed by atoms with Crippen molar-refractivity contribution in [3.05, 3.63) is 34.9 Å². The minimum atomic E-state index is -0.709. The van der Waals surface area contributed by atoms with Crippen molar-refractivity contribution >= 4 is 17.5 Å². The first-order chi connectivity index (χ1) is 9.06. The van der Waals surface area contributed by atoms with Crippen LogP contribution in [0.25, 0.3) is 0 Å². The number of piperidine rings is 1. The lowest BCUT2D eigenvalue weighted by Gasteiger charge is -2.31. The van der Waals surface area contributed by atoms with Crippen LogP contribution in [0.2, 0.25) is 5.02 Å². The molecule has 1 aliphatic heterocycles. The second kappa shape index (κ2) is 6.35. The van der Waals surface area contributed by atoms with E-state index in [-0.39, 0.29) is 11.8 Å². The fourth-order valence-corrected chi connectivity index (χ4v) is 2.52. The maximum atomic E-state index is 13.1. The molecule has 19 heavy (non-hydrogen) atoms. The fraction of sp³-hybridized carbons (Fsp3) is 0.500. The third-order valence-corrected chi connectivity index (χ3v) is 3.83. The van der Waals surface area contributed by atoms with Crippen LogP contribution in [-0.4, -0.2) is 36.6 Å². The van der Waals surface area contributed by atoms with Crippen molar-refractivity contribution < 1.29 is 9.18 Å². The lowest BCUT2D eigenvalue weighted by molar-refractivity contribution is -0.120. The molecule has 1 aromatic carbocycles. The molecule has 0 spiro atoms. The standard InChI is InChI=1S/C14H18ClFN2O/c15-11-3-1-10(2-4-11)13(14(17)19)9-18-7-5-12(16)6-8-18/h1-4,12-13H,5-9H2,(H2,17,19). The minimum Gasteiger partial charge on any atom is -0.369 e. The highest BCUT2D eigenvalue weighted by Gasteiger charge is 2.25. The quantitative estimate of drug-likeness (QED) is 0.922. The molecule has 0 saturated carbocycles. The Hall–Kier alpha value is -1.13. The van der Waals surface area contributed by atoms with Crippen LogP contribution in [0.1, 0.15) is 24.3 Å². The maximum absolute atomic E-state index is 13.1. The molecule has 3 nitrogen and oxygen atoms in total. The SMILES string of the molecule is NC(=O)C(CN1CCC(F)CC1)c1ccc(Cl)cc1. The molecule has 1 fully saturated rings. The average Bonchev–Trinajstić information content (AvgIpc) is 2.39. The first-order valence-electron chi connectivity index (χ1n) is 6.47. The molecule has 1 amide bonds. The normalized spacial score (nSPS) is 19.3.